The number of alkyl halides is 3. The number of nitrogens with one attached hydrogen (secondary N) is 1. The third-order valence-corrected chi connectivity index (χ3v) is 4.81. The molecule has 0 aliphatic carbocycles. The molecule has 1 heterocycles. The molecule has 3 aromatic rings. The van der Waals surface area contributed by atoms with Gasteiger partial charge in [-0.2, -0.15) is 13.2 Å². The summed E-state index contributed by atoms with van der Waals surface area (Å²) in [7, 11) is 0. The fraction of sp³-hybridized carbons (Fsp3) is 0.273. The van der Waals surface area contributed by atoms with Gasteiger partial charge in [0.05, 0.1) is 16.8 Å². The summed E-state index contributed by atoms with van der Waals surface area (Å²) in [5.41, 5.74) is 2.11. The molecule has 0 unspecified atom stereocenters. The Kier molecular flexibility index (Phi) is 5.50. The molecule has 0 saturated carbocycles. The number of hydrogen-bond donors (Lipinski definition) is 1. The lowest BCUT2D eigenvalue weighted by molar-refractivity contribution is -0.137. The first-order chi connectivity index (χ1) is 13.6. The molecule has 0 aliphatic heterocycles. The Morgan fingerprint density at radius 2 is 1.72 bits per heavy atom. The number of aromatic nitrogens is 1. The van der Waals surface area contributed by atoms with Crippen molar-refractivity contribution in [2.45, 2.75) is 39.9 Å². The molecule has 4 nitrogen and oxygen atoms in total. The standard InChI is InChI=1S/C22H21F3N2O2/c1-13-10-15(3)21-16(11-13)14(2)12-20(29)27(21)9-8-19(28)26-18-7-5-4-6-17(18)22(23,24)25/h4-7,10-12H,8-9H2,1-3H3,(H,26,28). The number of halogens is 3. The maximum atomic E-state index is 13.1. The van der Waals surface area contributed by atoms with Crippen molar-refractivity contribution < 1.29 is 18.0 Å². The van der Waals surface area contributed by atoms with Gasteiger partial charge in [0, 0.05) is 24.4 Å². The van der Waals surface area contributed by atoms with Gasteiger partial charge in [0.1, 0.15) is 0 Å². The van der Waals surface area contributed by atoms with E-state index < -0.39 is 17.6 Å². The fourth-order valence-corrected chi connectivity index (χ4v) is 3.56. The van der Waals surface area contributed by atoms with Crippen LogP contribution in [0.15, 0.2) is 47.3 Å². The smallest absolute Gasteiger partial charge is 0.325 e. The van der Waals surface area contributed by atoms with Crippen molar-refractivity contribution in [2.75, 3.05) is 5.32 Å². The Hall–Kier alpha value is -3.09. The Morgan fingerprint density at radius 3 is 2.41 bits per heavy atom. The van der Waals surface area contributed by atoms with Crippen molar-refractivity contribution in [3.05, 3.63) is 75.1 Å². The van der Waals surface area contributed by atoms with Crippen molar-refractivity contribution in [1.29, 1.82) is 0 Å². The quantitative estimate of drug-likeness (QED) is 0.670. The van der Waals surface area contributed by atoms with E-state index in [4.69, 9.17) is 0 Å². The lowest BCUT2D eigenvalue weighted by Gasteiger charge is -2.16. The summed E-state index contributed by atoms with van der Waals surface area (Å²) in [5, 5.41) is 3.24. The van der Waals surface area contributed by atoms with E-state index in [1.807, 2.05) is 32.9 Å². The number of para-hydroxylation sites is 1. The zero-order valence-electron chi connectivity index (χ0n) is 16.4. The van der Waals surface area contributed by atoms with Crippen LogP contribution in [0.4, 0.5) is 18.9 Å². The largest absolute Gasteiger partial charge is 0.418 e. The summed E-state index contributed by atoms with van der Waals surface area (Å²) in [6.07, 6.45) is -4.69. The first kappa shape index (κ1) is 20.6. The molecule has 0 saturated heterocycles. The van der Waals surface area contributed by atoms with Gasteiger partial charge in [0.25, 0.3) is 5.56 Å². The maximum Gasteiger partial charge on any atom is 0.418 e. The molecule has 2 aromatic carbocycles. The summed E-state index contributed by atoms with van der Waals surface area (Å²) in [5.74, 6) is -0.591. The zero-order valence-corrected chi connectivity index (χ0v) is 16.4. The minimum atomic E-state index is -4.57. The molecule has 0 spiro atoms. The molecule has 152 valence electrons. The van der Waals surface area contributed by atoms with E-state index in [1.165, 1.54) is 28.8 Å². The highest BCUT2D eigenvalue weighted by molar-refractivity contribution is 5.92. The molecule has 0 atom stereocenters. The minimum Gasteiger partial charge on any atom is -0.325 e. The highest BCUT2D eigenvalue weighted by Gasteiger charge is 2.33. The van der Waals surface area contributed by atoms with E-state index in [2.05, 4.69) is 5.32 Å². The van der Waals surface area contributed by atoms with E-state index in [9.17, 15) is 22.8 Å². The maximum absolute atomic E-state index is 13.1. The van der Waals surface area contributed by atoms with Crippen LogP contribution < -0.4 is 10.9 Å². The van der Waals surface area contributed by atoms with Gasteiger partial charge < -0.3 is 9.88 Å². The Labute approximate surface area is 166 Å². The third kappa shape index (κ3) is 4.34. The topological polar surface area (TPSA) is 51.1 Å². The molecular formula is C22H21F3N2O2. The van der Waals surface area contributed by atoms with Crippen LogP contribution in [0.1, 0.15) is 28.7 Å². The SMILES string of the molecule is Cc1cc(C)c2c(c1)c(C)cc(=O)n2CCC(=O)Nc1ccccc1C(F)(F)F. The van der Waals surface area contributed by atoms with Crippen LogP contribution in [0, 0.1) is 20.8 Å². The predicted octanol–water partition coefficient (Wildman–Crippen LogP) is 4.97. The van der Waals surface area contributed by atoms with Gasteiger partial charge >= 0.3 is 6.18 Å². The van der Waals surface area contributed by atoms with Crippen molar-refractivity contribution in [1.82, 2.24) is 4.57 Å². The van der Waals surface area contributed by atoms with Crippen LogP contribution >= 0.6 is 0 Å². The zero-order chi connectivity index (χ0) is 21.3. The molecule has 0 aliphatic rings. The number of rotatable bonds is 4. The van der Waals surface area contributed by atoms with Crippen molar-refractivity contribution in [3.63, 3.8) is 0 Å². The molecule has 0 radical (unpaired) electrons. The van der Waals surface area contributed by atoms with E-state index in [1.54, 1.807) is 0 Å². The van der Waals surface area contributed by atoms with Gasteiger partial charge in [-0.25, -0.2) is 0 Å². The molecule has 1 N–H and O–H groups in total. The molecule has 1 aromatic heterocycles. The van der Waals surface area contributed by atoms with Gasteiger partial charge in [0.2, 0.25) is 5.91 Å². The lowest BCUT2D eigenvalue weighted by Crippen LogP contribution is -2.24. The summed E-state index contributed by atoms with van der Waals surface area (Å²) in [6, 6.07) is 10.3. The molecular weight excluding hydrogens is 381 g/mol. The molecule has 29 heavy (non-hydrogen) atoms. The van der Waals surface area contributed by atoms with Gasteiger partial charge in [-0.15, -0.1) is 0 Å². The number of hydrogen-bond acceptors (Lipinski definition) is 2. The summed E-state index contributed by atoms with van der Waals surface area (Å²) >= 11 is 0. The summed E-state index contributed by atoms with van der Waals surface area (Å²) in [6.45, 7) is 5.78. The van der Waals surface area contributed by atoms with Crippen LogP contribution in [0.25, 0.3) is 10.9 Å². The van der Waals surface area contributed by atoms with Gasteiger partial charge in [-0.1, -0.05) is 23.8 Å². The highest BCUT2D eigenvalue weighted by atomic mass is 19.4. The van der Waals surface area contributed by atoms with Gasteiger partial charge in [0.15, 0.2) is 0 Å². The molecule has 3 rings (SSSR count). The van der Waals surface area contributed by atoms with Crippen LogP contribution in [0.3, 0.4) is 0 Å². The first-order valence-corrected chi connectivity index (χ1v) is 9.15. The lowest BCUT2D eigenvalue weighted by atomic mass is 10.0. The average Bonchev–Trinajstić information content (AvgIpc) is 2.61. The number of nitrogens with zero attached hydrogens (tertiary/aromatic N) is 1. The van der Waals surface area contributed by atoms with E-state index in [-0.39, 0.29) is 24.2 Å². The number of aryl methyl sites for hydroxylation is 4. The van der Waals surface area contributed by atoms with Crippen LogP contribution in [-0.4, -0.2) is 10.5 Å². The summed E-state index contributed by atoms with van der Waals surface area (Å²) < 4.78 is 40.8. The minimum absolute atomic E-state index is 0.0690. The normalized spacial score (nSPS) is 11.7. The predicted molar refractivity (Wildman–Crippen MR) is 107 cm³/mol. The highest BCUT2D eigenvalue weighted by Crippen LogP contribution is 2.34. The number of carbonyl (C=O) groups is 1. The number of pyridine rings is 1. The Balaban J connectivity index is 1.87. The van der Waals surface area contributed by atoms with Crippen molar-refractivity contribution >= 4 is 22.5 Å². The molecule has 7 heteroatoms. The number of benzene rings is 2. The van der Waals surface area contributed by atoms with E-state index >= 15 is 0 Å². The first-order valence-electron chi connectivity index (χ1n) is 9.15. The Morgan fingerprint density at radius 1 is 1.03 bits per heavy atom. The van der Waals surface area contributed by atoms with Crippen molar-refractivity contribution in [2.24, 2.45) is 0 Å². The second-order valence-corrected chi connectivity index (χ2v) is 7.14. The molecule has 0 bridgehead atoms. The number of anilines is 1. The van der Waals surface area contributed by atoms with Crippen LogP contribution in [-0.2, 0) is 17.5 Å². The van der Waals surface area contributed by atoms with Crippen LogP contribution in [0.5, 0.6) is 0 Å². The van der Waals surface area contributed by atoms with Gasteiger partial charge in [-0.3, -0.25) is 9.59 Å². The third-order valence-electron chi connectivity index (χ3n) is 4.81. The molecule has 1 amide bonds. The number of carbonyl (C=O) groups excluding carboxylic acids is 1. The van der Waals surface area contributed by atoms with E-state index in [0.717, 1.165) is 33.7 Å². The fourth-order valence-electron chi connectivity index (χ4n) is 3.56. The summed E-state index contributed by atoms with van der Waals surface area (Å²) in [4.78, 5) is 24.9. The number of amides is 1. The van der Waals surface area contributed by atoms with Crippen molar-refractivity contribution in [3.8, 4) is 0 Å². The number of fused-ring (bicyclic) bond motifs is 1. The van der Waals surface area contributed by atoms with Crippen LogP contribution in [0.2, 0.25) is 0 Å². The second kappa shape index (κ2) is 7.73. The average molecular weight is 402 g/mol. The van der Waals surface area contributed by atoms with Gasteiger partial charge in [-0.05, 0) is 50.1 Å². The molecule has 0 fully saturated rings. The van der Waals surface area contributed by atoms with E-state index in [0.29, 0.717) is 0 Å². The monoisotopic (exact) mass is 402 g/mol. The second-order valence-electron chi connectivity index (χ2n) is 7.14. The Bertz CT molecular complexity index is 1150.